The number of hydrogen-bond donors (Lipinski definition) is 1. The van der Waals surface area contributed by atoms with E-state index in [-0.39, 0.29) is 24.2 Å². The quantitative estimate of drug-likeness (QED) is 0.893. The molecule has 0 bridgehead atoms. The van der Waals surface area contributed by atoms with Crippen LogP contribution in [0, 0.1) is 26.7 Å². The van der Waals surface area contributed by atoms with Gasteiger partial charge in [0.25, 0.3) is 0 Å². The molecule has 0 aliphatic carbocycles. The number of hydrogen-bond acceptors (Lipinski definition) is 2. The molecule has 0 saturated carbocycles. The zero-order chi connectivity index (χ0) is 18.1. The number of carbonyl (C=O) groups excluding carboxylic acids is 2. The summed E-state index contributed by atoms with van der Waals surface area (Å²) in [5, 5.41) is 3.48. The molecule has 4 nitrogen and oxygen atoms in total. The van der Waals surface area contributed by atoms with Gasteiger partial charge in [-0.15, -0.1) is 0 Å². The summed E-state index contributed by atoms with van der Waals surface area (Å²) >= 11 is 6.10. The third-order valence-corrected chi connectivity index (χ3v) is 5.21. The molecule has 1 N–H and O–H groups in total. The number of benzene rings is 2. The van der Waals surface area contributed by atoms with E-state index in [4.69, 9.17) is 11.6 Å². The summed E-state index contributed by atoms with van der Waals surface area (Å²) in [5.74, 6) is -0.538. The molecule has 2 aromatic rings. The molecule has 1 fully saturated rings. The van der Waals surface area contributed by atoms with Gasteiger partial charge in [-0.1, -0.05) is 29.8 Å². The molecule has 2 aromatic carbocycles. The van der Waals surface area contributed by atoms with Crippen LogP contribution in [0.15, 0.2) is 36.4 Å². The highest BCUT2D eigenvalue weighted by atomic mass is 35.5. The molecule has 0 spiro atoms. The fourth-order valence-corrected chi connectivity index (χ4v) is 3.24. The number of aryl methyl sites for hydroxylation is 2. The maximum atomic E-state index is 12.6. The third-order valence-electron chi connectivity index (χ3n) is 4.80. The van der Waals surface area contributed by atoms with Crippen molar-refractivity contribution < 1.29 is 9.59 Å². The van der Waals surface area contributed by atoms with Gasteiger partial charge in [0.05, 0.1) is 5.92 Å². The van der Waals surface area contributed by atoms with Crippen molar-refractivity contribution in [2.45, 2.75) is 27.2 Å². The van der Waals surface area contributed by atoms with Crippen molar-refractivity contribution in [3.05, 3.63) is 58.1 Å². The molecule has 0 aromatic heterocycles. The molecule has 1 saturated heterocycles. The smallest absolute Gasteiger partial charge is 0.229 e. The first-order valence-electron chi connectivity index (χ1n) is 8.30. The summed E-state index contributed by atoms with van der Waals surface area (Å²) in [5.41, 5.74) is 4.70. The SMILES string of the molecule is Cc1ccc(NC(=O)[C@H]2CC(=O)N(c3cccc(C)c3C)C2)cc1Cl. The van der Waals surface area contributed by atoms with Crippen LogP contribution in [0.25, 0.3) is 0 Å². The second-order valence-electron chi connectivity index (χ2n) is 6.58. The lowest BCUT2D eigenvalue weighted by Gasteiger charge is -2.20. The van der Waals surface area contributed by atoms with Gasteiger partial charge in [0, 0.05) is 29.4 Å². The summed E-state index contributed by atoms with van der Waals surface area (Å²) in [4.78, 5) is 26.7. The van der Waals surface area contributed by atoms with E-state index in [0.29, 0.717) is 17.3 Å². The number of anilines is 2. The average molecular weight is 357 g/mol. The average Bonchev–Trinajstić information content (AvgIpc) is 2.95. The first kappa shape index (κ1) is 17.5. The van der Waals surface area contributed by atoms with Crippen molar-refractivity contribution in [1.29, 1.82) is 0 Å². The third kappa shape index (κ3) is 3.54. The molecular formula is C20H21ClN2O2. The standard InChI is InChI=1S/C20H21ClN2O2/c1-12-5-4-6-18(14(12)3)23-11-15(9-19(23)24)20(25)22-16-8-7-13(2)17(21)10-16/h4-8,10,15H,9,11H2,1-3H3,(H,22,25)/t15-/m0/s1. The van der Waals surface area contributed by atoms with E-state index in [9.17, 15) is 9.59 Å². The number of amides is 2. The van der Waals surface area contributed by atoms with Crippen LogP contribution in [0.5, 0.6) is 0 Å². The first-order valence-corrected chi connectivity index (χ1v) is 8.68. The zero-order valence-electron chi connectivity index (χ0n) is 14.6. The van der Waals surface area contributed by atoms with E-state index >= 15 is 0 Å². The normalized spacial score (nSPS) is 17.0. The molecule has 0 unspecified atom stereocenters. The van der Waals surface area contributed by atoms with Gasteiger partial charge in [-0.2, -0.15) is 0 Å². The number of halogens is 1. The van der Waals surface area contributed by atoms with Crippen LogP contribution < -0.4 is 10.2 Å². The molecule has 5 heteroatoms. The Morgan fingerprint density at radius 1 is 1.16 bits per heavy atom. The van der Waals surface area contributed by atoms with E-state index in [1.807, 2.05) is 51.1 Å². The maximum Gasteiger partial charge on any atom is 0.229 e. The molecule has 1 aliphatic rings. The summed E-state index contributed by atoms with van der Waals surface area (Å²) in [6.45, 7) is 6.32. The van der Waals surface area contributed by atoms with Crippen LogP contribution in [-0.2, 0) is 9.59 Å². The summed E-state index contributed by atoms with van der Waals surface area (Å²) in [6.07, 6.45) is 0.221. The van der Waals surface area contributed by atoms with Crippen molar-refractivity contribution in [3.63, 3.8) is 0 Å². The van der Waals surface area contributed by atoms with Crippen molar-refractivity contribution in [2.24, 2.45) is 5.92 Å². The summed E-state index contributed by atoms with van der Waals surface area (Å²) < 4.78 is 0. The number of carbonyl (C=O) groups is 2. The monoisotopic (exact) mass is 356 g/mol. The van der Waals surface area contributed by atoms with Gasteiger partial charge in [-0.3, -0.25) is 9.59 Å². The van der Waals surface area contributed by atoms with Gasteiger partial charge < -0.3 is 10.2 Å². The fourth-order valence-electron chi connectivity index (χ4n) is 3.06. The minimum Gasteiger partial charge on any atom is -0.326 e. The Bertz CT molecular complexity index is 848. The van der Waals surface area contributed by atoms with E-state index in [2.05, 4.69) is 5.32 Å². The van der Waals surface area contributed by atoms with E-state index in [1.165, 1.54) is 0 Å². The topological polar surface area (TPSA) is 49.4 Å². The Morgan fingerprint density at radius 3 is 2.64 bits per heavy atom. The van der Waals surface area contributed by atoms with Gasteiger partial charge in [-0.05, 0) is 55.7 Å². The van der Waals surface area contributed by atoms with Gasteiger partial charge in [0.2, 0.25) is 11.8 Å². The first-order chi connectivity index (χ1) is 11.9. The highest BCUT2D eigenvalue weighted by molar-refractivity contribution is 6.31. The Morgan fingerprint density at radius 2 is 1.92 bits per heavy atom. The van der Waals surface area contributed by atoms with Gasteiger partial charge >= 0.3 is 0 Å². The van der Waals surface area contributed by atoms with Crippen LogP contribution in [0.2, 0.25) is 5.02 Å². The number of rotatable bonds is 3. The predicted octanol–water partition coefficient (Wildman–Crippen LogP) is 4.26. The molecule has 1 heterocycles. The predicted molar refractivity (Wildman–Crippen MR) is 101 cm³/mol. The summed E-state index contributed by atoms with van der Waals surface area (Å²) in [6, 6.07) is 11.3. The Balaban J connectivity index is 1.74. The number of nitrogens with zero attached hydrogens (tertiary/aromatic N) is 1. The van der Waals surface area contributed by atoms with Crippen LogP contribution in [-0.4, -0.2) is 18.4 Å². The fraction of sp³-hybridized carbons (Fsp3) is 0.300. The Hall–Kier alpha value is -2.33. The summed E-state index contributed by atoms with van der Waals surface area (Å²) in [7, 11) is 0. The van der Waals surface area contributed by atoms with Crippen molar-refractivity contribution in [2.75, 3.05) is 16.8 Å². The van der Waals surface area contributed by atoms with Crippen molar-refractivity contribution >= 4 is 34.8 Å². The lowest BCUT2D eigenvalue weighted by atomic mass is 10.1. The minimum absolute atomic E-state index is 0.0178. The maximum absolute atomic E-state index is 12.6. The second-order valence-corrected chi connectivity index (χ2v) is 6.98. The van der Waals surface area contributed by atoms with Crippen LogP contribution in [0.4, 0.5) is 11.4 Å². The van der Waals surface area contributed by atoms with Crippen LogP contribution in [0.3, 0.4) is 0 Å². The lowest BCUT2D eigenvalue weighted by molar-refractivity contribution is -0.122. The van der Waals surface area contributed by atoms with Gasteiger partial charge in [-0.25, -0.2) is 0 Å². The molecule has 130 valence electrons. The highest BCUT2D eigenvalue weighted by Crippen LogP contribution is 2.30. The van der Waals surface area contributed by atoms with Gasteiger partial charge in [0.15, 0.2) is 0 Å². The molecule has 2 amide bonds. The molecule has 0 radical (unpaired) electrons. The molecular weight excluding hydrogens is 336 g/mol. The molecule has 1 aliphatic heterocycles. The Kier molecular flexibility index (Phi) is 4.82. The lowest BCUT2D eigenvalue weighted by Crippen LogP contribution is -2.28. The molecule has 25 heavy (non-hydrogen) atoms. The molecule has 1 atom stereocenters. The van der Waals surface area contributed by atoms with E-state index in [0.717, 1.165) is 22.4 Å². The second kappa shape index (κ2) is 6.89. The van der Waals surface area contributed by atoms with Crippen LogP contribution in [0.1, 0.15) is 23.1 Å². The van der Waals surface area contributed by atoms with E-state index < -0.39 is 0 Å². The Labute approximate surface area is 152 Å². The van der Waals surface area contributed by atoms with E-state index in [1.54, 1.807) is 11.0 Å². The van der Waals surface area contributed by atoms with Crippen molar-refractivity contribution in [1.82, 2.24) is 0 Å². The highest BCUT2D eigenvalue weighted by Gasteiger charge is 2.35. The van der Waals surface area contributed by atoms with Gasteiger partial charge in [0.1, 0.15) is 0 Å². The van der Waals surface area contributed by atoms with Crippen LogP contribution >= 0.6 is 11.6 Å². The zero-order valence-corrected chi connectivity index (χ0v) is 15.4. The molecule has 3 rings (SSSR count). The van der Waals surface area contributed by atoms with Crippen molar-refractivity contribution in [3.8, 4) is 0 Å². The number of nitrogens with one attached hydrogen (secondary N) is 1. The largest absolute Gasteiger partial charge is 0.326 e. The minimum atomic E-state index is -0.368.